The van der Waals surface area contributed by atoms with Crippen LogP contribution in [0.1, 0.15) is 30.1 Å². The van der Waals surface area contributed by atoms with Crippen LogP contribution in [0.5, 0.6) is 5.75 Å². The first-order valence-electron chi connectivity index (χ1n) is 7.45. The minimum absolute atomic E-state index is 0.0509. The van der Waals surface area contributed by atoms with Gasteiger partial charge in [-0.25, -0.2) is 0 Å². The number of carbonyl (C=O) groups excluding carboxylic acids is 1. The van der Waals surface area contributed by atoms with Crippen molar-refractivity contribution in [3.63, 3.8) is 0 Å². The largest absolute Gasteiger partial charge is 0.492 e. The highest BCUT2D eigenvalue weighted by Gasteiger charge is 2.16. The van der Waals surface area contributed by atoms with Gasteiger partial charge in [0.15, 0.2) is 11.0 Å². The second-order valence-corrected chi connectivity index (χ2v) is 6.49. The van der Waals surface area contributed by atoms with E-state index in [1.807, 2.05) is 7.05 Å². The van der Waals surface area contributed by atoms with Gasteiger partial charge in [-0.2, -0.15) is 0 Å². The number of likely N-dealkylation sites (N-methyl/N-ethyl adjacent to an activating group) is 1. The Bertz CT molecular complexity index is 563. The zero-order chi connectivity index (χ0) is 15.9. The van der Waals surface area contributed by atoms with Crippen molar-refractivity contribution < 1.29 is 9.53 Å². The molecule has 1 aromatic rings. The fraction of sp³-hybridized carbons (Fsp3) is 0.500. The Morgan fingerprint density at radius 3 is 2.95 bits per heavy atom. The van der Waals surface area contributed by atoms with E-state index in [9.17, 15) is 4.79 Å². The van der Waals surface area contributed by atoms with Gasteiger partial charge in [0, 0.05) is 19.2 Å². The number of thioether (sulfide) groups is 1. The van der Waals surface area contributed by atoms with Crippen LogP contribution in [0.4, 0.5) is 0 Å². The Labute approximate surface area is 140 Å². The Morgan fingerprint density at radius 2 is 2.32 bits per heavy atom. The number of halogens is 1. The first-order valence-corrected chi connectivity index (χ1v) is 8.82. The van der Waals surface area contributed by atoms with Crippen molar-refractivity contribution in [2.45, 2.75) is 19.8 Å². The van der Waals surface area contributed by atoms with Gasteiger partial charge in [0.05, 0.1) is 23.9 Å². The monoisotopic (exact) mass is 340 g/mol. The van der Waals surface area contributed by atoms with Crippen molar-refractivity contribution in [3.8, 4) is 5.75 Å². The van der Waals surface area contributed by atoms with E-state index in [1.54, 1.807) is 18.2 Å². The van der Waals surface area contributed by atoms with Crippen LogP contribution in [0.3, 0.4) is 0 Å². The van der Waals surface area contributed by atoms with E-state index in [0.29, 0.717) is 28.7 Å². The summed E-state index contributed by atoms with van der Waals surface area (Å²) in [6.07, 6.45) is 2.06. The third-order valence-corrected chi connectivity index (χ3v) is 4.75. The van der Waals surface area contributed by atoms with Crippen LogP contribution in [-0.2, 0) is 0 Å². The summed E-state index contributed by atoms with van der Waals surface area (Å²) in [5.41, 5.74) is 0.613. The quantitative estimate of drug-likeness (QED) is 0.560. The Kier molecular flexibility index (Phi) is 6.58. The Balaban J connectivity index is 1.91. The molecule has 22 heavy (non-hydrogen) atoms. The van der Waals surface area contributed by atoms with Crippen molar-refractivity contribution in [2.24, 2.45) is 4.99 Å². The Morgan fingerprint density at radius 1 is 1.50 bits per heavy atom. The molecule has 0 N–H and O–H groups in total. The molecule has 0 aliphatic carbocycles. The summed E-state index contributed by atoms with van der Waals surface area (Å²) in [6, 6.07) is 5.23. The van der Waals surface area contributed by atoms with E-state index in [1.165, 1.54) is 11.8 Å². The summed E-state index contributed by atoms with van der Waals surface area (Å²) in [5.74, 6) is 1.06. The number of Topliss-reactive ketones (excluding diaryl/α,β-unsaturated/α-hetero) is 1. The molecule has 0 aromatic heterocycles. The molecule has 1 aliphatic rings. The second kappa shape index (κ2) is 8.44. The van der Waals surface area contributed by atoms with E-state index < -0.39 is 0 Å². The maximum atomic E-state index is 12.2. The lowest BCUT2D eigenvalue weighted by atomic mass is 10.1. The van der Waals surface area contributed by atoms with Crippen LogP contribution in [0, 0.1) is 0 Å². The molecule has 1 heterocycles. The van der Waals surface area contributed by atoms with Crippen LogP contribution in [-0.4, -0.2) is 48.3 Å². The minimum Gasteiger partial charge on any atom is -0.492 e. The topological polar surface area (TPSA) is 41.9 Å². The molecule has 1 aliphatic heterocycles. The molecule has 1 aromatic carbocycles. The number of amidine groups is 1. The van der Waals surface area contributed by atoms with Crippen LogP contribution in [0.15, 0.2) is 23.2 Å². The average Bonchev–Trinajstić information content (AvgIpc) is 2.92. The predicted molar refractivity (Wildman–Crippen MR) is 93.6 cm³/mol. The number of ether oxygens (including phenoxy) is 1. The number of nitrogens with zero attached hydrogens (tertiary/aromatic N) is 2. The lowest BCUT2D eigenvalue weighted by Crippen LogP contribution is -2.21. The van der Waals surface area contributed by atoms with Gasteiger partial charge in [-0.3, -0.25) is 9.79 Å². The predicted octanol–water partition coefficient (Wildman–Crippen LogP) is 3.74. The molecule has 0 saturated heterocycles. The second-order valence-electron chi connectivity index (χ2n) is 5.14. The number of unbranched alkanes of at least 4 members (excludes halogenated alkanes) is 1. The van der Waals surface area contributed by atoms with Crippen molar-refractivity contribution in [3.05, 3.63) is 28.8 Å². The lowest BCUT2D eigenvalue weighted by Gasteiger charge is -2.12. The van der Waals surface area contributed by atoms with Gasteiger partial charge in [-0.05, 0) is 24.6 Å². The number of aliphatic imine (C=N–C) groups is 1. The zero-order valence-electron chi connectivity index (χ0n) is 13.0. The van der Waals surface area contributed by atoms with E-state index in [-0.39, 0.29) is 5.78 Å². The van der Waals surface area contributed by atoms with Gasteiger partial charge in [0.1, 0.15) is 5.75 Å². The molecule has 0 amide bonds. The molecule has 4 nitrogen and oxygen atoms in total. The van der Waals surface area contributed by atoms with E-state index in [4.69, 9.17) is 16.3 Å². The van der Waals surface area contributed by atoms with Crippen molar-refractivity contribution >= 4 is 34.3 Å². The summed E-state index contributed by atoms with van der Waals surface area (Å²) in [4.78, 5) is 18.7. The number of carbonyl (C=O) groups is 1. The molecule has 0 bridgehead atoms. The number of hydrogen-bond acceptors (Lipinski definition) is 5. The first kappa shape index (κ1) is 17.2. The van der Waals surface area contributed by atoms with E-state index in [0.717, 1.165) is 31.1 Å². The van der Waals surface area contributed by atoms with Crippen molar-refractivity contribution in [1.82, 2.24) is 4.90 Å². The SMILES string of the molecule is CCCCOc1ccc(C(=O)CSC2=NCCN2C)cc1Cl. The number of benzene rings is 1. The summed E-state index contributed by atoms with van der Waals surface area (Å²) < 4.78 is 5.59. The molecule has 120 valence electrons. The van der Waals surface area contributed by atoms with Gasteiger partial charge in [-0.1, -0.05) is 36.7 Å². The van der Waals surface area contributed by atoms with Gasteiger partial charge in [-0.15, -0.1) is 0 Å². The number of rotatable bonds is 7. The van der Waals surface area contributed by atoms with Crippen LogP contribution in [0.2, 0.25) is 5.02 Å². The van der Waals surface area contributed by atoms with Crippen molar-refractivity contribution in [2.75, 3.05) is 32.5 Å². The van der Waals surface area contributed by atoms with Gasteiger partial charge >= 0.3 is 0 Å². The molecular weight excluding hydrogens is 320 g/mol. The highest BCUT2D eigenvalue weighted by atomic mass is 35.5. The van der Waals surface area contributed by atoms with Crippen LogP contribution in [0.25, 0.3) is 0 Å². The molecule has 0 spiro atoms. The molecule has 2 rings (SSSR count). The van der Waals surface area contributed by atoms with Gasteiger partial charge in [0.25, 0.3) is 0 Å². The molecule has 6 heteroatoms. The smallest absolute Gasteiger partial charge is 0.173 e. The standard InChI is InChI=1S/C16H21ClN2O2S/c1-3-4-9-21-15-6-5-12(10-13(15)17)14(20)11-22-16-18-7-8-19(16)2/h5-6,10H,3-4,7-9,11H2,1-2H3. The summed E-state index contributed by atoms with van der Waals surface area (Å²) in [7, 11) is 1.99. The fourth-order valence-corrected chi connectivity index (χ4v) is 3.16. The molecular formula is C16H21ClN2O2S. The average molecular weight is 341 g/mol. The van der Waals surface area contributed by atoms with E-state index >= 15 is 0 Å². The first-order chi connectivity index (χ1) is 10.6. The third-order valence-electron chi connectivity index (χ3n) is 3.35. The van der Waals surface area contributed by atoms with E-state index in [2.05, 4.69) is 16.8 Å². The normalized spacial score (nSPS) is 14.1. The summed E-state index contributed by atoms with van der Waals surface area (Å²) in [5, 5.41) is 1.42. The maximum Gasteiger partial charge on any atom is 0.173 e. The van der Waals surface area contributed by atoms with Gasteiger partial charge < -0.3 is 9.64 Å². The molecule has 0 unspecified atom stereocenters. The minimum atomic E-state index is 0.0509. The highest BCUT2D eigenvalue weighted by molar-refractivity contribution is 8.14. The summed E-state index contributed by atoms with van der Waals surface area (Å²) >= 11 is 7.66. The Hall–Kier alpha value is -1.20. The molecule has 0 atom stereocenters. The molecule has 0 fully saturated rings. The zero-order valence-corrected chi connectivity index (χ0v) is 14.5. The maximum absolute atomic E-state index is 12.2. The van der Waals surface area contributed by atoms with Crippen molar-refractivity contribution in [1.29, 1.82) is 0 Å². The fourth-order valence-electron chi connectivity index (χ4n) is 2.00. The van der Waals surface area contributed by atoms with Crippen LogP contribution < -0.4 is 4.74 Å². The molecule has 0 saturated carbocycles. The van der Waals surface area contributed by atoms with Crippen LogP contribution >= 0.6 is 23.4 Å². The number of hydrogen-bond donors (Lipinski definition) is 0. The summed E-state index contributed by atoms with van der Waals surface area (Å²) in [6.45, 7) is 4.48. The highest BCUT2D eigenvalue weighted by Crippen LogP contribution is 2.26. The third kappa shape index (κ3) is 4.65. The molecule has 0 radical (unpaired) electrons. The van der Waals surface area contributed by atoms with Gasteiger partial charge in [0.2, 0.25) is 0 Å². The number of ketones is 1. The lowest BCUT2D eigenvalue weighted by molar-refractivity contribution is 0.102.